The summed E-state index contributed by atoms with van der Waals surface area (Å²) in [6.07, 6.45) is 1.90. The Morgan fingerprint density at radius 1 is 0.875 bits per heavy atom. The van der Waals surface area contributed by atoms with Crippen molar-refractivity contribution in [1.82, 2.24) is 9.97 Å². The molecule has 0 amide bonds. The predicted octanol–water partition coefficient (Wildman–Crippen LogP) is 5.50. The molecular weight excluding hydrogens is 296 g/mol. The quantitative estimate of drug-likeness (QED) is 0.410. The average molecular weight is 310 g/mol. The summed E-state index contributed by atoms with van der Waals surface area (Å²) in [5, 5.41) is 3.21. The molecule has 0 bridgehead atoms. The summed E-state index contributed by atoms with van der Waals surface area (Å²) in [7, 11) is 0. The second-order valence-electron chi connectivity index (χ2n) is 5.97. The van der Waals surface area contributed by atoms with Gasteiger partial charge in [-0.3, -0.25) is 4.98 Å². The zero-order chi connectivity index (χ0) is 16.1. The minimum Gasteiger partial charge on any atom is -0.454 e. The Hall–Kier alpha value is -3.20. The van der Waals surface area contributed by atoms with Crippen molar-refractivity contribution < 1.29 is 4.42 Å². The van der Waals surface area contributed by atoms with Crippen molar-refractivity contribution in [2.24, 2.45) is 0 Å². The molecule has 114 valence electrons. The van der Waals surface area contributed by atoms with Gasteiger partial charge < -0.3 is 4.42 Å². The van der Waals surface area contributed by atoms with Gasteiger partial charge in [0.25, 0.3) is 0 Å². The molecule has 0 fully saturated rings. The minimum atomic E-state index is 0.822. The van der Waals surface area contributed by atoms with Crippen LogP contribution in [0.3, 0.4) is 0 Å². The Bertz CT molecular complexity index is 1210. The molecule has 0 atom stereocenters. The van der Waals surface area contributed by atoms with E-state index in [2.05, 4.69) is 23.2 Å². The standard InChI is InChI=1S/C21H14N2O/c1-13-11-18-16(12-22-13)19-15-9-5-6-10-17(15)23-20(21(19)24-18)14-7-3-2-4-8-14/h2-12H,1H3. The van der Waals surface area contributed by atoms with Gasteiger partial charge in [-0.2, -0.15) is 0 Å². The third-order valence-electron chi connectivity index (χ3n) is 4.38. The van der Waals surface area contributed by atoms with Gasteiger partial charge in [0.2, 0.25) is 0 Å². The van der Waals surface area contributed by atoms with Crippen LogP contribution in [0.2, 0.25) is 0 Å². The van der Waals surface area contributed by atoms with E-state index in [0.717, 1.165) is 49.8 Å². The van der Waals surface area contributed by atoms with Gasteiger partial charge in [-0.15, -0.1) is 0 Å². The highest BCUT2D eigenvalue weighted by atomic mass is 16.3. The van der Waals surface area contributed by atoms with Crippen LogP contribution in [0.1, 0.15) is 5.69 Å². The van der Waals surface area contributed by atoms with E-state index >= 15 is 0 Å². The van der Waals surface area contributed by atoms with Crippen LogP contribution in [-0.4, -0.2) is 9.97 Å². The molecule has 0 saturated heterocycles. The summed E-state index contributed by atoms with van der Waals surface area (Å²) in [5.41, 5.74) is 5.51. The number of furan rings is 1. The lowest BCUT2D eigenvalue weighted by Crippen LogP contribution is -1.87. The number of para-hydroxylation sites is 1. The van der Waals surface area contributed by atoms with E-state index in [9.17, 15) is 0 Å². The molecular formula is C21H14N2O. The number of aryl methyl sites for hydroxylation is 1. The highest BCUT2D eigenvalue weighted by Gasteiger charge is 2.17. The molecule has 2 aromatic carbocycles. The summed E-state index contributed by atoms with van der Waals surface area (Å²) in [5.74, 6) is 0. The molecule has 5 aromatic rings. The fourth-order valence-corrected chi connectivity index (χ4v) is 3.27. The van der Waals surface area contributed by atoms with Crippen LogP contribution in [0.4, 0.5) is 0 Å². The highest BCUT2D eigenvalue weighted by molar-refractivity contribution is 6.20. The summed E-state index contributed by atoms with van der Waals surface area (Å²) >= 11 is 0. The van der Waals surface area contributed by atoms with E-state index in [1.54, 1.807) is 0 Å². The first-order valence-corrected chi connectivity index (χ1v) is 7.94. The highest BCUT2D eigenvalue weighted by Crippen LogP contribution is 2.38. The van der Waals surface area contributed by atoms with Crippen molar-refractivity contribution in [3.8, 4) is 11.3 Å². The van der Waals surface area contributed by atoms with Gasteiger partial charge >= 0.3 is 0 Å². The van der Waals surface area contributed by atoms with E-state index in [-0.39, 0.29) is 0 Å². The molecule has 3 heterocycles. The van der Waals surface area contributed by atoms with Gasteiger partial charge in [0.1, 0.15) is 11.3 Å². The van der Waals surface area contributed by atoms with Crippen LogP contribution in [0, 0.1) is 6.92 Å². The fourth-order valence-electron chi connectivity index (χ4n) is 3.27. The lowest BCUT2D eigenvalue weighted by atomic mass is 10.0. The van der Waals surface area contributed by atoms with Crippen molar-refractivity contribution in [2.45, 2.75) is 6.92 Å². The molecule has 3 heteroatoms. The van der Waals surface area contributed by atoms with Crippen LogP contribution in [-0.2, 0) is 0 Å². The van der Waals surface area contributed by atoms with Gasteiger partial charge in [0, 0.05) is 39.7 Å². The Labute approximate surface area is 138 Å². The zero-order valence-corrected chi connectivity index (χ0v) is 13.2. The maximum absolute atomic E-state index is 6.22. The Morgan fingerprint density at radius 2 is 1.67 bits per heavy atom. The summed E-state index contributed by atoms with van der Waals surface area (Å²) in [6.45, 7) is 1.97. The van der Waals surface area contributed by atoms with Gasteiger partial charge in [-0.25, -0.2) is 4.98 Å². The smallest absolute Gasteiger partial charge is 0.162 e. The second kappa shape index (κ2) is 4.90. The van der Waals surface area contributed by atoms with Crippen molar-refractivity contribution in [3.63, 3.8) is 0 Å². The number of hydrogen-bond acceptors (Lipinski definition) is 3. The van der Waals surface area contributed by atoms with Crippen LogP contribution in [0.25, 0.3) is 44.1 Å². The lowest BCUT2D eigenvalue weighted by molar-refractivity contribution is 0.667. The van der Waals surface area contributed by atoms with Crippen LogP contribution < -0.4 is 0 Å². The van der Waals surface area contributed by atoms with Gasteiger partial charge in [-0.1, -0.05) is 48.5 Å². The first kappa shape index (κ1) is 13.3. The van der Waals surface area contributed by atoms with Crippen molar-refractivity contribution in [3.05, 3.63) is 72.6 Å². The molecule has 0 N–H and O–H groups in total. The van der Waals surface area contributed by atoms with Crippen LogP contribution in [0.5, 0.6) is 0 Å². The number of hydrogen-bond donors (Lipinski definition) is 0. The summed E-state index contributed by atoms with van der Waals surface area (Å²) in [6, 6.07) is 20.3. The number of nitrogens with zero attached hydrogens (tertiary/aromatic N) is 2. The molecule has 24 heavy (non-hydrogen) atoms. The largest absolute Gasteiger partial charge is 0.454 e. The third-order valence-corrected chi connectivity index (χ3v) is 4.38. The van der Waals surface area contributed by atoms with Gasteiger partial charge in [-0.05, 0) is 13.0 Å². The molecule has 5 rings (SSSR count). The van der Waals surface area contributed by atoms with Crippen LogP contribution in [0.15, 0.2) is 71.3 Å². The van der Waals surface area contributed by atoms with E-state index in [1.165, 1.54) is 0 Å². The molecule has 3 nitrogen and oxygen atoms in total. The second-order valence-corrected chi connectivity index (χ2v) is 5.97. The predicted molar refractivity (Wildman–Crippen MR) is 97.0 cm³/mol. The molecule has 3 aromatic heterocycles. The maximum Gasteiger partial charge on any atom is 0.162 e. The molecule has 0 radical (unpaired) electrons. The number of pyridine rings is 2. The molecule has 0 saturated carbocycles. The lowest BCUT2D eigenvalue weighted by Gasteiger charge is -2.05. The third kappa shape index (κ3) is 1.85. The van der Waals surface area contributed by atoms with Crippen LogP contribution >= 0.6 is 0 Å². The maximum atomic E-state index is 6.22. The number of rotatable bonds is 1. The van der Waals surface area contributed by atoms with E-state index < -0.39 is 0 Å². The number of fused-ring (bicyclic) bond motifs is 5. The SMILES string of the molecule is Cc1cc2oc3c(-c4ccccc4)nc4ccccc4c3c2cn1. The van der Waals surface area contributed by atoms with E-state index in [1.807, 2.05) is 55.6 Å². The van der Waals surface area contributed by atoms with Crippen molar-refractivity contribution in [2.75, 3.05) is 0 Å². The zero-order valence-electron chi connectivity index (χ0n) is 13.2. The molecule has 0 spiro atoms. The number of aromatic nitrogens is 2. The summed E-state index contributed by atoms with van der Waals surface area (Å²) in [4.78, 5) is 9.34. The Balaban J connectivity index is 2.04. The van der Waals surface area contributed by atoms with Gasteiger partial charge in [0.05, 0.1) is 5.52 Å². The normalized spacial score (nSPS) is 11.5. The van der Waals surface area contributed by atoms with Crippen molar-refractivity contribution >= 4 is 32.8 Å². The minimum absolute atomic E-state index is 0.822. The fraction of sp³-hybridized carbons (Fsp3) is 0.0476. The molecule has 0 aliphatic rings. The summed E-state index contributed by atoms with van der Waals surface area (Å²) < 4.78 is 6.22. The first-order chi connectivity index (χ1) is 11.8. The van der Waals surface area contributed by atoms with Gasteiger partial charge in [0.15, 0.2) is 5.58 Å². The molecule has 0 unspecified atom stereocenters. The van der Waals surface area contributed by atoms with Crippen molar-refractivity contribution in [1.29, 1.82) is 0 Å². The first-order valence-electron chi connectivity index (χ1n) is 7.94. The molecule has 0 aliphatic carbocycles. The van der Waals surface area contributed by atoms with E-state index in [0.29, 0.717) is 0 Å². The topological polar surface area (TPSA) is 38.9 Å². The Morgan fingerprint density at radius 3 is 2.54 bits per heavy atom. The average Bonchev–Trinajstić information content (AvgIpc) is 3.00. The number of benzene rings is 2. The molecule has 0 aliphatic heterocycles. The Kier molecular flexibility index (Phi) is 2.71. The monoisotopic (exact) mass is 310 g/mol. The van der Waals surface area contributed by atoms with E-state index in [4.69, 9.17) is 9.40 Å².